The Balaban J connectivity index is 1.57. The third-order valence-electron chi connectivity index (χ3n) is 4.70. The number of halogens is 1. The van der Waals surface area contributed by atoms with E-state index >= 15 is 0 Å². The van der Waals surface area contributed by atoms with Crippen molar-refractivity contribution < 1.29 is 14.3 Å². The lowest BCUT2D eigenvalue weighted by atomic mass is 9.87. The first kappa shape index (κ1) is 16.9. The summed E-state index contributed by atoms with van der Waals surface area (Å²) in [5.41, 5.74) is 0.585. The molecule has 126 valence electrons. The molecular formula is C17H23BrN2O3. The summed E-state index contributed by atoms with van der Waals surface area (Å²) >= 11 is 3.39. The van der Waals surface area contributed by atoms with Crippen LogP contribution in [-0.2, 0) is 14.3 Å². The monoisotopic (exact) mass is 382 g/mol. The van der Waals surface area contributed by atoms with Crippen molar-refractivity contribution in [3.05, 3.63) is 28.7 Å². The molecule has 0 aromatic heterocycles. The Labute approximate surface area is 145 Å². The largest absolute Gasteiger partial charge is 0.378 e. The molecule has 0 unspecified atom stereocenters. The molecule has 1 N–H and O–H groups in total. The van der Waals surface area contributed by atoms with Crippen LogP contribution in [0.1, 0.15) is 19.3 Å². The molecule has 1 amide bonds. The van der Waals surface area contributed by atoms with Gasteiger partial charge in [0.15, 0.2) is 0 Å². The van der Waals surface area contributed by atoms with Crippen LogP contribution in [0.3, 0.4) is 0 Å². The van der Waals surface area contributed by atoms with Crippen molar-refractivity contribution in [1.29, 1.82) is 0 Å². The van der Waals surface area contributed by atoms with Gasteiger partial charge < -0.3 is 14.8 Å². The Hall–Kier alpha value is -0.950. The Bertz CT molecular complexity index is 543. The molecule has 0 bridgehead atoms. The van der Waals surface area contributed by atoms with Gasteiger partial charge in [0.25, 0.3) is 0 Å². The van der Waals surface area contributed by atoms with E-state index in [9.17, 15) is 4.79 Å². The minimum Gasteiger partial charge on any atom is -0.378 e. The SMILES string of the molecule is CO[C@H]1CCN(CC(=O)Nc2ccc(Br)cc2)C[C@@]12CCCO2. The molecule has 1 aromatic carbocycles. The third-order valence-corrected chi connectivity index (χ3v) is 5.23. The minimum absolute atomic E-state index is 0.0105. The predicted octanol–water partition coefficient (Wildman–Crippen LogP) is 2.66. The molecule has 1 spiro atoms. The van der Waals surface area contributed by atoms with Crippen molar-refractivity contribution in [3.8, 4) is 0 Å². The molecule has 2 atom stereocenters. The molecule has 2 saturated heterocycles. The summed E-state index contributed by atoms with van der Waals surface area (Å²) in [5.74, 6) is 0.0105. The average molecular weight is 383 g/mol. The number of piperidine rings is 1. The van der Waals surface area contributed by atoms with Crippen molar-refractivity contribution >= 4 is 27.5 Å². The van der Waals surface area contributed by atoms with Gasteiger partial charge >= 0.3 is 0 Å². The van der Waals surface area contributed by atoms with Crippen LogP contribution in [0.5, 0.6) is 0 Å². The van der Waals surface area contributed by atoms with E-state index in [0.717, 1.165) is 49.1 Å². The molecule has 0 aliphatic carbocycles. The van der Waals surface area contributed by atoms with Crippen LogP contribution in [0.4, 0.5) is 5.69 Å². The van der Waals surface area contributed by atoms with Gasteiger partial charge in [0.1, 0.15) is 5.60 Å². The molecule has 1 aromatic rings. The molecule has 2 heterocycles. The van der Waals surface area contributed by atoms with E-state index in [1.54, 1.807) is 7.11 Å². The summed E-state index contributed by atoms with van der Waals surface area (Å²) in [6.07, 6.45) is 3.12. The molecule has 0 saturated carbocycles. The first-order valence-electron chi connectivity index (χ1n) is 8.06. The van der Waals surface area contributed by atoms with Crippen LogP contribution < -0.4 is 5.32 Å². The predicted molar refractivity (Wildman–Crippen MR) is 92.5 cm³/mol. The second kappa shape index (κ2) is 7.30. The molecule has 2 fully saturated rings. The van der Waals surface area contributed by atoms with Crippen LogP contribution in [0, 0.1) is 0 Å². The number of methoxy groups -OCH3 is 1. The van der Waals surface area contributed by atoms with Gasteiger partial charge in [0.05, 0.1) is 12.6 Å². The van der Waals surface area contributed by atoms with Gasteiger partial charge in [-0.05, 0) is 43.5 Å². The Kier molecular flexibility index (Phi) is 5.36. The topological polar surface area (TPSA) is 50.8 Å². The maximum atomic E-state index is 12.3. The molecule has 6 heteroatoms. The zero-order chi connectivity index (χ0) is 16.3. The quantitative estimate of drug-likeness (QED) is 0.869. The van der Waals surface area contributed by atoms with Crippen molar-refractivity contribution in [2.45, 2.75) is 31.0 Å². The smallest absolute Gasteiger partial charge is 0.238 e. The third kappa shape index (κ3) is 3.94. The fraction of sp³-hybridized carbons (Fsp3) is 0.588. The van der Waals surface area contributed by atoms with Gasteiger partial charge in [-0.3, -0.25) is 9.69 Å². The highest BCUT2D eigenvalue weighted by molar-refractivity contribution is 9.10. The summed E-state index contributed by atoms with van der Waals surface area (Å²) in [5, 5.41) is 2.95. The van der Waals surface area contributed by atoms with Crippen molar-refractivity contribution in [3.63, 3.8) is 0 Å². The molecule has 2 aliphatic rings. The maximum Gasteiger partial charge on any atom is 0.238 e. The highest BCUT2D eigenvalue weighted by atomic mass is 79.9. The highest BCUT2D eigenvalue weighted by Crippen LogP contribution is 2.36. The summed E-state index contributed by atoms with van der Waals surface area (Å²) in [4.78, 5) is 14.5. The molecule has 5 nitrogen and oxygen atoms in total. The number of amides is 1. The van der Waals surface area contributed by atoms with Gasteiger partial charge in [-0.2, -0.15) is 0 Å². The number of benzene rings is 1. The normalized spacial score (nSPS) is 28.2. The first-order chi connectivity index (χ1) is 11.1. The van der Waals surface area contributed by atoms with E-state index in [1.807, 2.05) is 24.3 Å². The first-order valence-corrected chi connectivity index (χ1v) is 8.85. The number of carbonyl (C=O) groups excluding carboxylic acids is 1. The number of hydrogen-bond acceptors (Lipinski definition) is 4. The Morgan fingerprint density at radius 3 is 2.91 bits per heavy atom. The number of hydrogen-bond donors (Lipinski definition) is 1. The van der Waals surface area contributed by atoms with Gasteiger partial charge in [0.2, 0.25) is 5.91 Å². The van der Waals surface area contributed by atoms with Crippen LogP contribution in [0.25, 0.3) is 0 Å². The highest BCUT2D eigenvalue weighted by Gasteiger charge is 2.47. The van der Waals surface area contributed by atoms with Crippen LogP contribution in [0.15, 0.2) is 28.7 Å². The average Bonchev–Trinajstić information content (AvgIpc) is 2.98. The van der Waals surface area contributed by atoms with Gasteiger partial charge in [-0.25, -0.2) is 0 Å². The number of rotatable bonds is 4. The molecule has 0 radical (unpaired) electrons. The number of ether oxygens (including phenoxy) is 2. The van der Waals surface area contributed by atoms with E-state index in [0.29, 0.717) is 6.54 Å². The fourth-order valence-electron chi connectivity index (χ4n) is 3.62. The van der Waals surface area contributed by atoms with Gasteiger partial charge in [0, 0.05) is 37.0 Å². The number of nitrogens with zero attached hydrogens (tertiary/aromatic N) is 1. The standard InChI is InChI=1S/C17H23BrN2O3/c1-22-15-7-9-20(12-17(15)8-2-10-23-17)11-16(21)19-14-5-3-13(18)4-6-14/h3-6,15H,2,7-12H2,1H3,(H,19,21)/t15-,17-/m0/s1. The van der Waals surface area contributed by atoms with Crippen molar-refractivity contribution in [2.75, 3.05) is 38.7 Å². The summed E-state index contributed by atoms with van der Waals surface area (Å²) < 4.78 is 12.7. The Morgan fingerprint density at radius 1 is 1.48 bits per heavy atom. The number of carbonyl (C=O) groups is 1. The van der Waals surface area contributed by atoms with E-state index in [2.05, 4.69) is 26.1 Å². The van der Waals surface area contributed by atoms with E-state index in [1.165, 1.54) is 0 Å². The zero-order valence-electron chi connectivity index (χ0n) is 13.4. The Morgan fingerprint density at radius 2 is 2.26 bits per heavy atom. The number of likely N-dealkylation sites (tertiary alicyclic amines) is 1. The fourth-order valence-corrected chi connectivity index (χ4v) is 3.89. The summed E-state index contributed by atoms with van der Waals surface area (Å²) in [7, 11) is 1.75. The summed E-state index contributed by atoms with van der Waals surface area (Å²) in [6.45, 7) is 2.80. The van der Waals surface area contributed by atoms with Crippen molar-refractivity contribution in [1.82, 2.24) is 4.90 Å². The second-order valence-electron chi connectivity index (χ2n) is 6.30. The van der Waals surface area contributed by atoms with E-state index < -0.39 is 0 Å². The van der Waals surface area contributed by atoms with Crippen LogP contribution in [0.2, 0.25) is 0 Å². The van der Waals surface area contributed by atoms with E-state index in [-0.39, 0.29) is 17.6 Å². The van der Waals surface area contributed by atoms with Crippen LogP contribution >= 0.6 is 15.9 Å². The van der Waals surface area contributed by atoms with Crippen molar-refractivity contribution in [2.24, 2.45) is 0 Å². The molecule has 2 aliphatic heterocycles. The lowest BCUT2D eigenvalue weighted by Crippen LogP contribution is -2.58. The number of nitrogens with one attached hydrogen (secondary N) is 1. The zero-order valence-corrected chi connectivity index (χ0v) is 15.0. The van der Waals surface area contributed by atoms with Crippen LogP contribution in [-0.4, -0.2) is 55.9 Å². The van der Waals surface area contributed by atoms with Gasteiger partial charge in [-0.1, -0.05) is 15.9 Å². The second-order valence-corrected chi connectivity index (χ2v) is 7.21. The van der Waals surface area contributed by atoms with Gasteiger partial charge in [-0.15, -0.1) is 0 Å². The molecule has 23 heavy (non-hydrogen) atoms. The summed E-state index contributed by atoms with van der Waals surface area (Å²) in [6, 6.07) is 7.61. The lowest BCUT2D eigenvalue weighted by molar-refractivity contribution is -0.146. The van der Waals surface area contributed by atoms with E-state index in [4.69, 9.17) is 9.47 Å². The number of anilines is 1. The molecular weight excluding hydrogens is 360 g/mol. The molecule has 3 rings (SSSR count). The minimum atomic E-state index is -0.231. The maximum absolute atomic E-state index is 12.3. The lowest BCUT2D eigenvalue weighted by Gasteiger charge is -2.44.